The summed E-state index contributed by atoms with van der Waals surface area (Å²) in [7, 11) is 0. The molecule has 96 valence electrons. The van der Waals surface area contributed by atoms with Gasteiger partial charge in [-0.25, -0.2) is 0 Å². The van der Waals surface area contributed by atoms with E-state index in [2.05, 4.69) is 0 Å². The molecule has 0 amide bonds. The first kappa shape index (κ1) is 13.5. The third kappa shape index (κ3) is 2.74. The second kappa shape index (κ2) is 6.31. The van der Waals surface area contributed by atoms with Gasteiger partial charge in [0.2, 0.25) is 0 Å². The second-order valence-electron chi connectivity index (χ2n) is 4.35. The standard InChI is InChI=1S/C17H12N2O/c18-11-15(12-19)16(13-7-3-1-4-8-13)17(20)14-9-5-2-6-10-14/h1-10,15-16H. The van der Waals surface area contributed by atoms with Gasteiger partial charge in [-0.15, -0.1) is 0 Å². The van der Waals surface area contributed by atoms with E-state index in [1.165, 1.54) is 0 Å². The predicted octanol–water partition coefficient (Wildman–Crippen LogP) is 3.32. The smallest absolute Gasteiger partial charge is 0.172 e. The third-order valence-electron chi connectivity index (χ3n) is 3.11. The summed E-state index contributed by atoms with van der Waals surface area (Å²) in [4.78, 5) is 12.6. The van der Waals surface area contributed by atoms with E-state index in [1.807, 2.05) is 24.3 Å². The fourth-order valence-electron chi connectivity index (χ4n) is 2.12. The van der Waals surface area contributed by atoms with Gasteiger partial charge in [-0.1, -0.05) is 60.7 Å². The molecule has 0 saturated heterocycles. The molecule has 1 atom stereocenters. The molecular formula is C17H12N2O. The number of hydrogen-bond acceptors (Lipinski definition) is 3. The first-order chi connectivity index (χ1) is 9.77. The van der Waals surface area contributed by atoms with Crippen LogP contribution in [0.15, 0.2) is 60.7 Å². The summed E-state index contributed by atoms with van der Waals surface area (Å²) in [5, 5.41) is 18.3. The topological polar surface area (TPSA) is 64.7 Å². The number of nitriles is 2. The highest BCUT2D eigenvalue weighted by molar-refractivity contribution is 6.01. The van der Waals surface area contributed by atoms with Crippen LogP contribution in [0.1, 0.15) is 21.8 Å². The molecule has 3 heteroatoms. The summed E-state index contributed by atoms with van der Waals surface area (Å²) < 4.78 is 0. The highest BCUT2D eigenvalue weighted by atomic mass is 16.1. The van der Waals surface area contributed by atoms with E-state index in [-0.39, 0.29) is 5.78 Å². The normalized spacial score (nSPS) is 11.3. The van der Waals surface area contributed by atoms with Crippen molar-refractivity contribution in [3.05, 3.63) is 71.8 Å². The van der Waals surface area contributed by atoms with E-state index in [4.69, 9.17) is 10.5 Å². The minimum absolute atomic E-state index is 0.204. The fraction of sp³-hybridized carbons (Fsp3) is 0.118. The lowest BCUT2D eigenvalue weighted by Gasteiger charge is -2.16. The van der Waals surface area contributed by atoms with Gasteiger partial charge in [0, 0.05) is 5.56 Å². The van der Waals surface area contributed by atoms with E-state index in [9.17, 15) is 4.79 Å². The number of hydrogen-bond donors (Lipinski definition) is 0. The summed E-state index contributed by atoms with van der Waals surface area (Å²) in [6.45, 7) is 0. The number of benzene rings is 2. The van der Waals surface area contributed by atoms with Crippen LogP contribution in [-0.4, -0.2) is 5.78 Å². The van der Waals surface area contributed by atoms with Crippen molar-refractivity contribution in [2.75, 3.05) is 0 Å². The van der Waals surface area contributed by atoms with Crippen LogP contribution < -0.4 is 0 Å². The molecule has 0 aliphatic rings. The van der Waals surface area contributed by atoms with Crippen molar-refractivity contribution in [2.45, 2.75) is 5.92 Å². The number of Topliss-reactive ketones (excluding diaryl/α,β-unsaturated/α-hetero) is 1. The molecule has 0 fully saturated rings. The molecule has 2 aromatic rings. The molecule has 2 aromatic carbocycles. The van der Waals surface area contributed by atoms with Gasteiger partial charge in [0.05, 0.1) is 18.1 Å². The Balaban J connectivity index is 2.46. The summed E-state index contributed by atoms with van der Waals surface area (Å²) in [5.74, 6) is -1.95. The molecule has 0 bridgehead atoms. The maximum absolute atomic E-state index is 12.6. The molecular weight excluding hydrogens is 248 g/mol. The van der Waals surface area contributed by atoms with Crippen LogP contribution in [0.3, 0.4) is 0 Å². The lowest BCUT2D eigenvalue weighted by Crippen LogP contribution is -2.20. The molecule has 0 radical (unpaired) electrons. The monoisotopic (exact) mass is 260 g/mol. The highest BCUT2D eigenvalue weighted by Crippen LogP contribution is 2.28. The van der Waals surface area contributed by atoms with Crippen molar-refractivity contribution >= 4 is 5.78 Å². The van der Waals surface area contributed by atoms with E-state index < -0.39 is 11.8 Å². The Hall–Kier alpha value is -2.91. The maximum Gasteiger partial charge on any atom is 0.172 e. The molecule has 20 heavy (non-hydrogen) atoms. The lowest BCUT2D eigenvalue weighted by atomic mass is 9.82. The summed E-state index contributed by atoms with van der Waals surface area (Å²) >= 11 is 0. The number of nitrogens with zero attached hydrogens (tertiary/aromatic N) is 2. The Morgan fingerprint density at radius 1 is 0.850 bits per heavy atom. The Bertz CT molecular complexity index is 652. The minimum atomic E-state index is -0.995. The maximum atomic E-state index is 12.6. The van der Waals surface area contributed by atoms with Gasteiger partial charge in [-0.3, -0.25) is 4.79 Å². The van der Waals surface area contributed by atoms with Crippen molar-refractivity contribution < 1.29 is 4.79 Å². The molecule has 0 N–H and O–H groups in total. The van der Waals surface area contributed by atoms with Crippen LogP contribution in [0.4, 0.5) is 0 Å². The molecule has 0 aliphatic carbocycles. The van der Waals surface area contributed by atoms with Crippen LogP contribution in [0.25, 0.3) is 0 Å². The quantitative estimate of drug-likeness (QED) is 0.792. The third-order valence-corrected chi connectivity index (χ3v) is 3.11. The SMILES string of the molecule is N#CC(C#N)C(C(=O)c1ccccc1)c1ccccc1. The van der Waals surface area contributed by atoms with Gasteiger partial charge < -0.3 is 0 Å². The minimum Gasteiger partial charge on any atom is -0.293 e. The van der Waals surface area contributed by atoms with E-state index >= 15 is 0 Å². The molecule has 0 aliphatic heterocycles. The fourth-order valence-corrected chi connectivity index (χ4v) is 2.12. The largest absolute Gasteiger partial charge is 0.293 e. The Labute approximate surface area is 117 Å². The van der Waals surface area contributed by atoms with Crippen molar-refractivity contribution in [3.63, 3.8) is 0 Å². The average Bonchev–Trinajstić information content (AvgIpc) is 2.53. The van der Waals surface area contributed by atoms with Gasteiger partial charge in [-0.2, -0.15) is 10.5 Å². The Morgan fingerprint density at radius 3 is 1.85 bits per heavy atom. The lowest BCUT2D eigenvalue weighted by molar-refractivity contribution is 0.0950. The molecule has 0 spiro atoms. The summed E-state index contributed by atoms with van der Waals surface area (Å²) in [6, 6.07) is 21.6. The van der Waals surface area contributed by atoms with E-state index in [1.54, 1.807) is 48.5 Å². The van der Waals surface area contributed by atoms with E-state index in [0.29, 0.717) is 11.1 Å². The van der Waals surface area contributed by atoms with Crippen LogP contribution >= 0.6 is 0 Å². The first-order valence-electron chi connectivity index (χ1n) is 6.21. The highest BCUT2D eigenvalue weighted by Gasteiger charge is 2.30. The van der Waals surface area contributed by atoms with Gasteiger partial charge in [0.1, 0.15) is 5.92 Å². The molecule has 1 unspecified atom stereocenters. The zero-order valence-corrected chi connectivity index (χ0v) is 10.7. The molecule has 3 nitrogen and oxygen atoms in total. The van der Waals surface area contributed by atoms with Gasteiger partial charge in [-0.05, 0) is 5.56 Å². The van der Waals surface area contributed by atoms with Gasteiger partial charge >= 0.3 is 0 Å². The number of ketones is 1. The summed E-state index contributed by atoms with van der Waals surface area (Å²) in [5.41, 5.74) is 1.20. The zero-order valence-electron chi connectivity index (χ0n) is 10.7. The van der Waals surface area contributed by atoms with Gasteiger partial charge in [0.25, 0.3) is 0 Å². The van der Waals surface area contributed by atoms with Crippen molar-refractivity contribution in [2.24, 2.45) is 5.92 Å². The zero-order chi connectivity index (χ0) is 14.4. The second-order valence-corrected chi connectivity index (χ2v) is 4.35. The van der Waals surface area contributed by atoms with Crippen molar-refractivity contribution in [1.82, 2.24) is 0 Å². The number of carbonyl (C=O) groups excluding carboxylic acids is 1. The molecule has 2 rings (SSSR count). The van der Waals surface area contributed by atoms with Crippen molar-refractivity contribution in [1.29, 1.82) is 10.5 Å². The van der Waals surface area contributed by atoms with E-state index in [0.717, 1.165) is 0 Å². The molecule has 0 saturated carbocycles. The number of carbonyl (C=O) groups is 1. The van der Waals surface area contributed by atoms with Crippen LogP contribution in [0.5, 0.6) is 0 Å². The van der Waals surface area contributed by atoms with Crippen LogP contribution in [-0.2, 0) is 0 Å². The Kier molecular flexibility index (Phi) is 4.27. The Morgan fingerprint density at radius 2 is 1.35 bits per heavy atom. The molecule has 0 heterocycles. The van der Waals surface area contributed by atoms with Crippen LogP contribution in [0.2, 0.25) is 0 Å². The predicted molar refractivity (Wildman–Crippen MR) is 74.7 cm³/mol. The summed E-state index contributed by atoms with van der Waals surface area (Å²) in [6.07, 6.45) is 0. The van der Waals surface area contributed by atoms with Crippen LogP contribution in [0, 0.1) is 28.6 Å². The average molecular weight is 260 g/mol. The van der Waals surface area contributed by atoms with Gasteiger partial charge in [0.15, 0.2) is 5.78 Å². The first-order valence-corrected chi connectivity index (χ1v) is 6.21. The number of rotatable bonds is 4. The molecule has 0 aromatic heterocycles. The van der Waals surface area contributed by atoms with Crippen molar-refractivity contribution in [3.8, 4) is 12.1 Å².